The lowest BCUT2D eigenvalue weighted by Gasteiger charge is -2.34. The first-order chi connectivity index (χ1) is 15.8. The van der Waals surface area contributed by atoms with E-state index in [1.54, 1.807) is 34.4 Å². The molecular weight excluding hydrogens is 422 g/mol. The summed E-state index contributed by atoms with van der Waals surface area (Å²) in [7, 11) is 0. The number of anilines is 1. The molecule has 5 aromatic rings. The van der Waals surface area contributed by atoms with E-state index in [0.29, 0.717) is 24.3 Å². The van der Waals surface area contributed by atoms with Gasteiger partial charge in [0.2, 0.25) is 0 Å². The number of piperazine rings is 1. The zero-order valence-corrected chi connectivity index (χ0v) is 17.9. The smallest absolute Gasteiger partial charge is 0.259 e. The maximum Gasteiger partial charge on any atom is 0.259 e. The molecule has 9 heteroatoms. The predicted molar refractivity (Wildman–Crippen MR) is 124 cm³/mol. The molecule has 0 spiro atoms. The molecule has 5 heterocycles. The molecule has 0 bridgehead atoms. The molecule has 6 rings (SSSR count). The third-order valence-corrected chi connectivity index (χ3v) is 6.73. The first kappa shape index (κ1) is 18.9. The van der Waals surface area contributed by atoms with Gasteiger partial charge in [0.25, 0.3) is 5.91 Å². The molecule has 1 aliphatic rings. The number of benzene rings is 1. The highest BCUT2D eigenvalue weighted by molar-refractivity contribution is 7.21. The van der Waals surface area contributed by atoms with E-state index in [9.17, 15) is 4.79 Å². The number of hydrogen-bond acceptors (Lipinski definition) is 7. The fourth-order valence-electron chi connectivity index (χ4n) is 4.03. The van der Waals surface area contributed by atoms with E-state index >= 15 is 0 Å². The van der Waals surface area contributed by atoms with Gasteiger partial charge >= 0.3 is 0 Å². The van der Waals surface area contributed by atoms with Gasteiger partial charge in [-0.05, 0) is 18.2 Å². The molecule has 0 radical (unpaired) electrons. The molecule has 0 N–H and O–H groups in total. The highest BCUT2D eigenvalue weighted by Gasteiger charge is 2.26. The van der Waals surface area contributed by atoms with Crippen LogP contribution < -0.4 is 4.90 Å². The number of hydrogen-bond donors (Lipinski definition) is 0. The third kappa shape index (κ3) is 3.18. The molecule has 0 aliphatic carbocycles. The molecule has 8 nitrogen and oxygen atoms in total. The van der Waals surface area contributed by atoms with Crippen molar-refractivity contribution in [2.24, 2.45) is 0 Å². The standard InChI is InChI=1S/C23H19N7OS/c31-22(17-15-26-30-19(8-10-24-20(17)30)16-5-2-1-3-6-16)28-11-13-29(14-12-28)23-27-18-7-4-9-25-21(18)32-23/h1-10,15H,11-14H2. The Labute approximate surface area is 187 Å². The summed E-state index contributed by atoms with van der Waals surface area (Å²) >= 11 is 1.59. The molecule has 32 heavy (non-hydrogen) atoms. The Bertz CT molecular complexity index is 1390. The van der Waals surface area contributed by atoms with Gasteiger partial charge in [0.15, 0.2) is 10.8 Å². The van der Waals surface area contributed by atoms with Crippen LogP contribution in [-0.4, -0.2) is 61.6 Å². The number of fused-ring (bicyclic) bond motifs is 2. The second-order valence-corrected chi connectivity index (χ2v) is 8.55. The Morgan fingerprint density at radius 1 is 0.906 bits per heavy atom. The SMILES string of the molecule is O=C(c1cnn2c(-c3ccccc3)ccnc12)N1CCN(c2nc3cccnc3s2)CC1. The van der Waals surface area contributed by atoms with Crippen LogP contribution in [0.2, 0.25) is 0 Å². The van der Waals surface area contributed by atoms with Crippen LogP contribution in [0.25, 0.3) is 27.3 Å². The number of aromatic nitrogens is 5. The minimum Gasteiger partial charge on any atom is -0.344 e. The summed E-state index contributed by atoms with van der Waals surface area (Å²) in [5.41, 5.74) is 3.96. The van der Waals surface area contributed by atoms with Crippen LogP contribution in [0.3, 0.4) is 0 Å². The molecule has 158 valence electrons. The fourth-order valence-corrected chi connectivity index (χ4v) is 5.00. The van der Waals surface area contributed by atoms with Crippen molar-refractivity contribution in [1.82, 2.24) is 29.5 Å². The Balaban J connectivity index is 1.23. The van der Waals surface area contributed by atoms with Crippen LogP contribution >= 0.6 is 11.3 Å². The molecule has 1 fully saturated rings. The molecule has 4 aromatic heterocycles. The monoisotopic (exact) mass is 441 g/mol. The summed E-state index contributed by atoms with van der Waals surface area (Å²) in [6.07, 6.45) is 5.15. The first-order valence-electron chi connectivity index (χ1n) is 10.4. The lowest BCUT2D eigenvalue weighted by molar-refractivity contribution is 0.0748. The molecule has 1 aliphatic heterocycles. The zero-order chi connectivity index (χ0) is 21.5. The topological polar surface area (TPSA) is 79.5 Å². The van der Waals surface area contributed by atoms with Crippen LogP contribution in [0.15, 0.2) is 67.1 Å². The largest absolute Gasteiger partial charge is 0.344 e. The number of amides is 1. The van der Waals surface area contributed by atoms with Crippen LogP contribution in [0.1, 0.15) is 10.4 Å². The summed E-state index contributed by atoms with van der Waals surface area (Å²) in [6, 6.07) is 15.8. The van der Waals surface area contributed by atoms with Crippen molar-refractivity contribution in [2.75, 3.05) is 31.1 Å². The Kier molecular flexibility index (Phi) is 4.53. The van der Waals surface area contributed by atoms with Crippen LogP contribution in [0, 0.1) is 0 Å². The number of carbonyl (C=O) groups excluding carboxylic acids is 1. The third-order valence-electron chi connectivity index (χ3n) is 5.69. The van der Waals surface area contributed by atoms with E-state index in [2.05, 4.69) is 20.0 Å². The Hall–Kier alpha value is -3.85. The molecule has 0 unspecified atom stereocenters. The molecule has 1 saturated heterocycles. The lowest BCUT2D eigenvalue weighted by Crippen LogP contribution is -2.48. The second kappa shape index (κ2) is 7.69. The molecule has 0 atom stereocenters. The van der Waals surface area contributed by atoms with Crippen LogP contribution in [0.5, 0.6) is 0 Å². The highest BCUT2D eigenvalue weighted by atomic mass is 32.1. The van der Waals surface area contributed by atoms with Gasteiger partial charge in [0, 0.05) is 44.1 Å². The van der Waals surface area contributed by atoms with E-state index in [4.69, 9.17) is 4.98 Å². The van der Waals surface area contributed by atoms with E-state index in [-0.39, 0.29) is 5.91 Å². The molecular formula is C23H19N7OS. The zero-order valence-electron chi connectivity index (χ0n) is 17.1. The predicted octanol–water partition coefficient (Wildman–Crippen LogP) is 3.36. The van der Waals surface area contributed by atoms with Crippen molar-refractivity contribution < 1.29 is 4.79 Å². The summed E-state index contributed by atoms with van der Waals surface area (Å²) in [5.74, 6) is -0.0386. The first-order valence-corrected chi connectivity index (χ1v) is 11.2. The Morgan fingerprint density at radius 2 is 1.75 bits per heavy atom. The number of rotatable bonds is 3. The summed E-state index contributed by atoms with van der Waals surface area (Å²) < 4.78 is 1.74. The van der Waals surface area contributed by atoms with Gasteiger partial charge in [-0.1, -0.05) is 41.7 Å². The van der Waals surface area contributed by atoms with Gasteiger partial charge in [-0.15, -0.1) is 0 Å². The summed E-state index contributed by atoms with van der Waals surface area (Å²) in [4.78, 5) is 31.9. The van der Waals surface area contributed by atoms with Crippen molar-refractivity contribution in [3.05, 3.63) is 72.7 Å². The van der Waals surface area contributed by atoms with Gasteiger partial charge < -0.3 is 9.80 Å². The normalized spacial score (nSPS) is 14.4. The van der Waals surface area contributed by atoms with Crippen LogP contribution in [-0.2, 0) is 0 Å². The van der Waals surface area contributed by atoms with Gasteiger partial charge in [0.1, 0.15) is 15.9 Å². The number of thiazole rings is 1. The maximum absolute atomic E-state index is 13.3. The van der Waals surface area contributed by atoms with Crippen molar-refractivity contribution in [2.45, 2.75) is 0 Å². The average Bonchev–Trinajstić information content (AvgIpc) is 3.49. The average molecular weight is 442 g/mol. The Morgan fingerprint density at radius 3 is 2.56 bits per heavy atom. The molecule has 1 amide bonds. The van der Waals surface area contributed by atoms with E-state index in [1.807, 2.05) is 53.4 Å². The highest BCUT2D eigenvalue weighted by Crippen LogP contribution is 2.28. The van der Waals surface area contributed by atoms with Crippen LogP contribution in [0.4, 0.5) is 5.13 Å². The van der Waals surface area contributed by atoms with E-state index in [0.717, 1.165) is 39.8 Å². The number of pyridine rings is 1. The lowest BCUT2D eigenvalue weighted by atomic mass is 10.1. The van der Waals surface area contributed by atoms with E-state index in [1.165, 1.54) is 0 Å². The quantitative estimate of drug-likeness (QED) is 0.427. The van der Waals surface area contributed by atoms with Crippen molar-refractivity contribution in [1.29, 1.82) is 0 Å². The van der Waals surface area contributed by atoms with Crippen molar-refractivity contribution in [3.63, 3.8) is 0 Å². The minimum atomic E-state index is -0.0386. The minimum absolute atomic E-state index is 0.0386. The number of nitrogens with zero attached hydrogens (tertiary/aromatic N) is 7. The fraction of sp³-hybridized carbons (Fsp3) is 0.174. The number of carbonyl (C=O) groups is 1. The van der Waals surface area contributed by atoms with E-state index < -0.39 is 0 Å². The second-order valence-electron chi connectivity index (χ2n) is 7.59. The van der Waals surface area contributed by atoms with Gasteiger partial charge in [0.05, 0.1) is 11.9 Å². The van der Waals surface area contributed by atoms with Crippen molar-refractivity contribution >= 4 is 38.4 Å². The maximum atomic E-state index is 13.3. The van der Waals surface area contributed by atoms with Gasteiger partial charge in [-0.25, -0.2) is 19.5 Å². The van der Waals surface area contributed by atoms with Gasteiger partial charge in [-0.2, -0.15) is 5.10 Å². The molecule has 0 saturated carbocycles. The van der Waals surface area contributed by atoms with Gasteiger partial charge in [-0.3, -0.25) is 4.79 Å². The summed E-state index contributed by atoms with van der Waals surface area (Å²) in [6.45, 7) is 2.71. The van der Waals surface area contributed by atoms with Crippen molar-refractivity contribution in [3.8, 4) is 11.3 Å². The molecule has 1 aromatic carbocycles. The summed E-state index contributed by atoms with van der Waals surface area (Å²) in [5, 5.41) is 5.43.